The fraction of sp³-hybridized carbons (Fsp3) is 0.368. The molecule has 0 spiro atoms. The summed E-state index contributed by atoms with van der Waals surface area (Å²) in [6.45, 7) is 1.31. The van der Waals surface area contributed by atoms with Gasteiger partial charge in [0, 0.05) is 26.6 Å². The summed E-state index contributed by atoms with van der Waals surface area (Å²) in [6, 6.07) is 5.96. The number of nitrogens with zero attached hydrogens (tertiary/aromatic N) is 5. The zero-order valence-electron chi connectivity index (χ0n) is 15.1. The van der Waals surface area contributed by atoms with Gasteiger partial charge in [-0.05, 0) is 37.0 Å². The molecule has 7 nitrogen and oxygen atoms in total. The van der Waals surface area contributed by atoms with Crippen LogP contribution in [0.2, 0.25) is 0 Å². The van der Waals surface area contributed by atoms with Crippen molar-refractivity contribution in [2.75, 3.05) is 13.1 Å². The van der Waals surface area contributed by atoms with Crippen LogP contribution in [-0.2, 0) is 19.9 Å². The van der Waals surface area contributed by atoms with E-state index >= 15 is 0 Å². The van der Waals surface area contributed by atoms with Gasteiger partial charge in [-0.25, -0.2) is 23.9 Å². The number of carbonyl (C=O) groups excluding carboxylic acids is 1. The molecule has 140 valence electrons. The maximum absolute atomic E-state index is 13.0. The molecule has 0 atom stereocenters. The number of hydrogen-bond acceptors (Lipinski definition) is 4. The third kappa shape index (κ3) is 3.22. The van der Waals surface area contributed by atoms with Gasteiger partial charge in [0.2, 0.25) is 0 Å². The maximum atomic E-state index is 13.0. The molecule has 2 aromatic heterocycles. The molecule has 0 saturated carbocycles. The van der Waals surface area contributed by atoms with Crippen LogP contribution in [0.4, 0.5) is 9.18 Å². The number of aryl methyl sites for hydroxylation is 3. The molecule has 1 amide bonds. The first-order valence-corrected chi connectivity index (χ1v) is 9.01. The Labute approximate surface area is 155 Å². The van der Waals surface area contributed by atoms with Gasteiger partial charge >= 0.3 is 11.7 Å². The molecule has 1 aliphatic heterocycles. The number of fused-ring (bicyclic) bond motifs is 1. The first-order valence-electron chi connectivity index (χ1n) is 9.01. The highest BCUT2D eigenvalue weighted by atomic mass is 19.1. The Morgan fingerprint density at radius 3 is 2.56 bits per heavy atom. The molecular formula is C19H20FN5O2. The van der Waals surface area contributed by atoms with Crippen molar-refractivity contribution in [1.29, 1.82) is 0 Å². The molecule has 27 heavy (non-hydrogen) atoms. The second-order valence-corrected chi connectivity index (χ2v) is 6.78. The van der Waals surface area contributed by atoms with Crippen molar-refractivity contribution in [2.45, 2.75) is 25.7 Å². The van der Waals surface area contributed by atoms with Crippen LogP contribution in [0.3, 0.4) is 0 Å². The maximum Gasteiger partial charge on any atom is 0.338 e. The van der Waals surface area contributed by atoms with Gasteiger partial charge < -0.3 is 4.90 Å². The quantitative estimate of drug-likeness (QED) is 0.709. The van der Waals surface area contributed by atoms with Crippen LogP contribution in [0.25, 0.3) is 11.2 Å². The second kappa shape index (κ2) is 6.94. The molecule has 3 heterocycles. The van der Waals surface area contributed by atoms with Crippen LogP contribution in [0, 0.1) is 5.82 Å². The van der Waals surface area contributed by atoms with Gasteiger partial charge in [0.15, 0.2) is 5.65 Å². The second-order valence-electron chi connectivity index (χ2n) is 6.78. The van der Waals surface area contributed by atoms with E-state index in [2.05, 4.69) is 9.97 Å². The molecule has 0 unspecified atom stereocenters. The Bertz CT molecular complexity index is 1050. The van der Waals surface area contributed by atoms with Crippen molar-refractivity contribution in [2.24, 2.45) is 7.05 Å². The smallest absolute Gasteiger partial charge is 0.324 e. The van der Waals surface area contributed by atoms with E-state index in [1.807, 2.05) is 0 Å². The first kappa shape index (κ1) is 17.4. The molecule has 8 heteroatoms. The Morgan fingerprint density at radius 1 is 1.15 bits per heavy atom. The Balaban J connectivity index is 1.66. The lowest BCUT2D eigenvalue weighted by Gasteiger charge is -2.14. The van der Waals surface area contributed by atoms with E-state index in [9.17, 15) is 14.0 Å². The van der Waals surface area contributed by atoms with Crippen molar-refractivity contribution in [1.82, 2.24) is 24.0 Å². The van der Waals surface area contributed by atoms with Gasteiger partial charge in [0.05, 0.1) is 6.20 Å². The van der Waals surface area contributed by atoms with Crippen LogP contribution in [0.1, 0.15) is 24.2 Å². The first-order chi connectivity index (χ1) is 13.0. The SMILES string of the molecule is Cn1c(=O)n(C(=O)N2CCCC2)c2nc(CCc3ccc(F)cc3)ncc21. The van der Waals surface area contributed by atoms with E-state index in [1.165, 1.54) is 16.7 Å². The molecule has 1 aliphatic rings. The van der Waals surface area contributed by atoms with E-state index in [0.717, 1.165) is 23.0 Å². The number of halogens is 1. The van der Waals surface area contributed by atoms with Crippen LogP contribution < -0.4 is 5.69 Å². The predicted octanol–water partition coefficient (Wildman–Crippen LogP) is 2.12. The fourth-order valence-electron chi connectivity index (χ4n) is 3.40. The van der Waals surface area contributed by atoms with Crippen molar-refractivity contribution >= 4 is 17.2 Å². The van der Waals surface area contributed by atoms with Gasteiger partial charge in [0.1, 0.15) is 17.2 Å². The van der Waals surface area contributed by atoms with E-state index in [0.29, 0.717) is 42.9 Å². The molecule has 3 aromatic rings. The zero-order chi connectivity index (χ0) is 19.0. The van der Waals surface area contributed by atoms with Gasteiger partial charge in [-0.15, -0.1) is 0 Å². The largest absolute Gasteiger partial charge is 0.338 e. The molecule has 4 rings (SSSR count). The molecule has 1 aromatic carbocycles. The summed E-state index contributed by atoms with van der Waals surface area (Å²) in [4.78, 5) is 35.9. The highest BCUT2D eigenvalue weighted by molar-refractivity contribution is 5.87. The number of amides is 1. The lowest BCUT2D eigenvalue weighted by molar-refractivity contribution is 0.210. The molecule has 0 bridgehead atoms. The zero-order valence-corrected chi connectivity index (χ0v) is 15.1. The van der Waals surface area contributed by atoms with E-state index in [-0.39, 0.29) is 11.8 Å². The summed E-state index contributed by atoms with van der Waals surface area (Å²) >= 11 is 0. The minimum atomic E-state index is -0.410. The fourth-order valence-corrected chi connectivity index (χ4v) is 3.40. The Morgan fingerprint density at radius 2 is 1.85 bits per heavy atom. The van der Waals surface area contributed by atoms with E-state index in [4.69, 9.17) is 0 Å². The minimum Gasteiger partial charge on any atom is -0.324 e. The average Bonchev–Trinajstić information content (AvgIpc) is 3.29. The summed E-state index contributed by atoms with van der Waals surface area (Å²) in [5.41, 5.74) is 1.42. The van der Waals surface area contributed by atoms with Crippen LogP contribution in [0.15, 0.2) is 35.3 Å². The van der Waals surface area contributed by atoms with Gasteiger partial charge in [0.25, 0.3) is 0 Å². The lowest BCUT2D eigenvalue weighted by Crippen LogP contribution is -2.38. The Hall–Kier alpha value is -3.03. The third-order valence-corrected chi connectivity index (χ3v) is 4.97. The van der Waals surface area contributed by atoms with Gasteiger partial charge in [-0.2, -0.15) is 4.57 Å². The summed E-state index contributed by atoms with van der Waals surface area (Å²) in [5, 5.41) is 0. The standard InChI is InChI=1S/C19H20FN5O2/c1-23-15-12-21-16(9-6-13-4-7-14(20)8-5-13)22-17(15)25(18(23)26)19(27)24-10-2-3-11-24/h4-5,7-8,12H,2-3,6,9-11H2,1H3. The highest BCUT2D eigenvalue weighted by Crippen LogP contribution is 2.14. The molecule has 0 aliphatic carbocycles. The summed E-state index contributed by atoms with van der Waals surface area (Å²) in [7, 11) is 1.61. The van der Waals surface area contributed by atoms with Crippen molar-refractivity contribution in [3.63, 3.8) is 0 Å². The number of hydrogen-bond donors (Lipinski definition) is 0. The number of imidazole rings is 1. The molecule has 1 fully saturated rings. The molecule has 0 N–H and O–H groups in total. The third-order valence-electron chi connectivity index (χ3n) is 4.97. The lowest BCUT2D eigenvalue weighted by atomic mass is 10.1. The minimum absolute atomic E-state index is 0.273. The Kier molecular flexibility index (Phi) is 4.47. The van der Waals surface area contributed by atoms with Gasteiger partial charge in [-0.3, -0.25) is 4.57 Å². The molecule has 1 saturated heterocycles. The van der Waals surface area contributed by atoms with Crippen LogP contribution in [0.5, 0.6) is 0 Å². The highest BCUT2D eigenvalue weighted by Gasteiger charge is 2.25. The van der Waals surface area contributed by atoms with Crippen molar-refractivity contribution in [3.05, 3.63) is 58.2 Å². The van der Waals surface area contributed by atoms with Gasteiger partial charge in [-0.1, -0.05) is 12.1 Å². The number of benzene rings is 1. The summed E-state index contributed by atoms with van der Waals surface area (Å²) in [5.74, 6) is 0.269. The number of carbonyl (C=O) groups is 1. The summed E-state index contributed by atoms with van der Waals surface area (Å²) in [6.07, 6.45) is 4.65. The van der Waals surface area contributed by atoms with E-state index in [1.54, 1.807) is 30.3 Å². The molecular weight excluding hydrogens is 349 g/mol. The topological polar surface area (TPSA) is 73.0 Å². The van der Waals surface area contributed by atoms with Crippen LogP contribution in [-0.4, -0.2) is 43.1 Å². The van der Waals surface area contributed by atoms with Crippen molar-refractivity contribution in [3.8, 4) is 0 Å². The monoisotopic (exact) mass is 369 g/mol. The number of rotatable bonds is 3. The normalized spacial score (nSPS) is 14.2. The van der Waals surface area contributed by atoms with Crippen molar-refractivity contribution < 1.29 is 9.18 Å². The van der Waals surface area contributed by atoms with Crippen LogP contribution >= 0.6 is 0 Å². The number of likely N-dealkylation sites (tertiary alicyclic amines) is 1. The average molecular weight is 369 g/mol. The summed E-state index contributed by atoms with van der Waals surface area (Å²) < 4.78 is 15.6. The van der Waals surface area contributed by atoms with E-state index < -0.39 is 5.69 Å². The molecule has 0 radical (unpaired) electrons. The predicted molar refractivity (Wildman–Crippen MR) is 98.2 cm³/mol. The number of aromatic nitrogens is 4.